The molecule has 3 rings (SSSR count). The van der Waals surface area contributed by atoms with Crippen molar-refractivity contribution in [3.63, 3.8) is 0 Å². The van der Waals surface area contributed by atoms with Crippen LogP contribution >= 0.6 is 15.9 Å². The van der Waals surface area contributed by atoms with Gasteiger partial charge in [-0.25, -0.2) is 0 Å². The molecule has 1 N–H and O–H groups in total. The summed E-state index contributed by atoms with van der Waals surface area (Å²) in [6.45, 7) is 4.68. The normalized spacial score (nSPS) is 14.2. The van der Waals surface area contributed by atoms with Crippen LogP contribution in [0.4, 0.5) is 5.69 Å². The van der Waals surface area contributed by atoms with Gasteiger partial charge in [0.1, 0.15) is 0 Å². The predicted molar refractivity (Wildman–Crippen MR) is 90.1 cm³/mol. The number of likely N-dealkylation sites (tertiary alicyclic amines) is 1. The van der Waals surface area contributed by atoms with Crippen molar-refractivity contribution in [2.75, 3.05) is 18.4 Å². The number of hydrogen-bond acceptors (Lipinski definition) is 3. The van der Waals surface area contributed by atoms with Crippen LogP contribution in [0.1, 0.15) is 16.4 Å². The molecule has 1 fully saturated rings. The fourth-order valence-electron chi connectivity index (χ4n) is 2.37. The maximum Gasteiger partial charge on any atom is 0.254 e. The van der Waals surface area contributed by atoms with Crippen LogP contribution in [0.3, 0.4) is 0 Å². The SMILES string of the molecule is C=CC(=O)Nc1ccc(C(=O)N2CC(n3cc(Br)cn3)C2)cc1. The second-order valence-corrected chi connectivity index (χ2v) is 6.19. The number of rotatable bonds is 4. The topological polar surface area (TPSA) is 67.2 Å². The molecule has 1 aliphatic rings. The van der Waals surface area contributed by atoms with Gasteiger partial charge in [-0.1, -0.05) is 6.58 Å². The number of nitrogens with one attached hydrogen (secondary N) is 1. The molecule has 0 saturated carbocycles. The van der Waals surface area contributed by atoms with E-state index >= 15 is 0 Å². The molecule has 0 radical (unpaired) electrons. The highest BCUT2D eigenvalue weighted by Crippen LogP contribution is 2.24. The zero-order valence-electron chi connectivity index (χ0n) is 12.3. The van der Waals surface area contributed by atoms with Gasteiger partial charge in [-0.05, 0) is 46.3 Å². The minimum absolute atomic E-state index is 0.0194. The largest absolute Gasteiger partial charge is 0.334 e. The first-order valence-electron chi connectivity index (χ1n) is 7.09. The number of benzene rings is 1. The third-order valence-electron chi connectivity index (χ3n) is 3.68. The summed E-state index contributed by atoms with van der Waals surface area (Å²) in [7, 11) is 0. The van der Waals surface area contributed by atoms with Crippen molar-refractivity contribution in [3.05, 3.63) is 59.4 Å². The number of amides is 2. The van der Waals surface area contributed by atoms with Crippen molar-refractivity contribution in [1.29, 1.82) is 0 Å². The Morgan fingerprint density at radius 3 is 2.57 bits per heavy atom. The van der Waals surface area contributed by atoms with Crippen LogP contribution in [0.5, 0.6) is 0 Å². The molecule has 0 bridgehead atoms. The zero-order chi connectivity index (χ0) is 16.4. The molecule has 0 unspecified atom stereocenters. The summed E-state index contributed by atoms with van der Waals surface area (Å²) in [5.74, 6) is -0.297. The maximum absolute atomic E-state index is 12.4. The van der Waals surface area contributed by atoms with E-state index in [1.165, 1.54) is 6.08 Å². The monoisotopic (exact) mass is 374 g/mol. The van der Waals surface area contributed by atoms with E-state index in [2.05, 4.69) is 32.9 Å². The minimum Gasteiger partial charge on any atom is -0.334 e. The van der Waals surface area contributed by atoms with Gasteiger partial charge in [-0.3, -0.25) is 14.3 Å². The van der Waals surface area contributed by atoms with Crippen molar-refractivity contribution in [2.24, 2.45) is 0 Å². The highest BCUT2D eigenvalue weighted by atomic mass is 79.9. The molecule has 6 nitrogen and oxygen atoms in total. The van der Waals surface area contributed by atoms with Crippen LogP contribution in [-0.2, 0) is 4.79 Å². The molecular formula is C16H15BrN4O2. The molecule has 7 heteroatoms. The zero-order valence-corrected chi connectivity index (χ0v) is 13.9. The third kappa shape index (κ3) is 3.34. The molecule has 23 heavy (non-hydrogen) atoms. The van der Waals surface area contributed by atoms with Crippen molar-refractivity contribution in [3.8, 4) is 0 Å². The van der Waals surface area contributed by atoms with Crippen molar-refractivity contribution >= 4 is 33.4 Å². The van der Waals surface area contributed by atoms with E-state index in [1.54, 1.807) is 35.4 Å². The van der Waals surface area contributed by atoms with E-state index in [1.807, 2.05) is 10.9 Å². The molecule has 1 aliphatic heterocycles. The fourth-order valence-corrected chi connectivity index (χ4v) is 2.68. The molecule has 1 saturated heterocycles. The summed E-state index contributed by atoms with van der Waals surface area (Å²) in [6, 6.07) is 7.04. The number of aromatic nitrogens is 2. The quantitative estimate of drug-likeness (QED) is 0.835. The number of anilines is 1. The van der Waals surface area contributed by atoms with Gasteiger partial charge >= 0.3 is 0 Å². The highest BCUT2D eigenvalue weighted by Gasteiger charge is 2.32. The van der Waals surface area contributed by atoms with Crippen LogP contribution in [0.15, 0.2) is 53.8 Å². The van der Waals surface area contributed by atoms with Crippen LogP contribution in [-0.4, -0.2) is 39.6 Å². The van der Waals surface area contributed by atoms with Crippen molar-refractivity contribution in [2.45, 2.75) is 6.04 Å². The minimum atomic E-state index is -0.278. The van der Waals surface area contributed by atoms with Gasteiger partial charge in [0.25, 0.3) is 5.91 Å². The summed E-state index contributed by atoms with van der Waals surface area (Å²) in [6.07, 6.45) is 4.84. The third-order valence-corrected chi connectivity index (χ3v) is 4.09. The Morgan fingerprint density at radius 1 is 1.30 bits per heavy atom. The average Bonchev–Trinajstić information content (AvgIpc) is 2.92. The van der Waals surface area contributed by atoms with Crippen LogP contribution in [0, 0.1) is 0 Å². The lowest BCUT2D eigenvalue weighted by Gasteiger charge is -2.39. The first-order valence-corrected chi connectivity index (χ1v) is 7.88. The van der Waals surface area contributed by atoms with Gasteiger partial charge in [-0.2, -0.15) is 5.10 Å². The first-order chi connectivity index (χ1) is 11.1. The highest BCUT2D eigenvalue weighted by molar-refractivity contribution is 9.10. The van der Waals surface area contributed by atoms with Crippen molar-refractivity contribution in [1.82, 2.24) is 14.7 Å². The summed E-state index contributed by atoms with van der Waals surface area (Å²) < 4.78 is 2.79. The number of carbonyl (C=O) groups is 2. The Balaban J connectivity index is 1.59. The summed E-state index contributed by atoms with van der Waals surface area (Å²) in [5, 5.41) is 6.88. The molecule has 1 aromatic carbocycles. The van der Waals surface area contributed by atoms with Gasteiger partial charge < -0.3 is 10.2 Å². The molecular weight excluding hydrogens is 360 g/mol. The molecule has 118 valence electrons. The summed E-state index contributed by atoms with van der Waals surface area (Å²) >= 11 is 3.36. The molecule has 2 heterocycles. The summed E-state index contributed by atoms with van der Waals surface area (Å²) in [5.41, 5.74) is 1.23. The lowest BCUT2D eigenvalue weighted by molar-refractivity contribution is -0.111. The lowest BCUT2D eigenvalue weighted by atomic mass is 10.1. The molecule has 2 amide bonds. The Hall–Kier alpha value is -2.41. The smallest absolute Gasteiger partial charge is 0.254 e. The predicted octanol–water partition coefficient (Wildman–Crippen LogP) is 2.47. The van der Waals surface area contributed by atoms with Gasteiger partial charge in [0.2, 0.25) is 5.91 Å². The molecule has 0 aliphatic carbocycles. The average molecular weight is 375 g/mol. The first kappa shape index (κ1) is 15.5. The van der Waals surface area contributed by atoms with E-state index in [-0.39, 0.29) is 17.9 Å². The number of carbonyl (C=O) groups excluding carboxylic acids is 2. The van der Waals surface area contributed by atoms with Crippen molar-refractivity contribution < 1.29 is 9.59 Å². The van der Waals surface area contributed by atoms with E-state index in [0.717, 1.165) is 4.47 Å². The Kier molecular flexibility index (Phi) is 4.29. The number of halogens is 1. The maximum atomic E-state index is 12.4. The molecule has 2 aromatic rings. The van der Waals surface area contributed by atoms with E-state index in [4.69, 9.17) is 0 Å². The molecule has 0 spiro atoms. The van der Waals surface area contributed by atoms with E-state index in [9.17, 15) is 9.59 Å². The number of hydrogen-bond donors (Lipinski definition) is 1. The fraction of sp³-hybridized carbons (Fsp3) is 0.188. The van der Waals surface area contributed by atoms with Gasteiger partial charge in [0.15, 0.2) is 0 Å². The molecule has 0 atom stereocenters. The van der Waals surface area contributed by atoms with E-state index in [0.29, 0.717) is 24.3 Å². The van der Waals surface area contributed by atoms with E-state index < -0.39 is 0 Å². The lowest BCUT2D eigenvalue weighted by Crippen LogP contribution is -2.50. The Labute approximate surface area is 141 Å². The summed E-state index contributed by atoms with van der Waals surface area (Å²) in [4.78, 5) is 25.4. The Bertz CT molecular complexity index is 748. The standard InChI is InChI=1S/C16H15BrN4O2/c1-2-15(22)19-13-5-3-11(4-6-13)16(23)20-9-14(10-20)21-8-12(17)7-18-21/h2-8,14H,1,9-10H2,(H,19,22). The Morgan fingerprint density at radius 2 is 2.00 bits per heavy atom. The second kappa shape index (κ2) is 6.37. The van der Waals surface area contributed by atoms with Gasteiger partial charge in [-0.15, -0.1) is 0 Å². The van der Waals surface area contributed by atoms with Crippen LogP contribution in [0.2, 0.25) is 0 Å². The van der Waals surface area contributed by atoms with Crippen LogP contribution < -0.4 is 5.32 Å². The van der Waals surface area contributed by atoms with Gasteiger partial charge in [0.05, 0.1) is 16.7 Å². The van der Waals surface area contributed by atoms with Gasteiger partial charge in [0, 0.05) is 30.5 Å². The van der Waals surface area contributed by atoms with Crippen LogP contribution in [0.25, 0.3) is 0 Å². The molecule has 1 aromatic heterocycles. The number of nitrogens with zero attached hydrogens (tertiary/aromatic N) is 3. The second-order valence-electron chi connectivity index (χ2n) is 5.27.